The lowest BCUT2D eigenvalue weighted by Gasteiger charge is -2.18. The number of aryl methyl sites for hydroxylation is 1. The summed E-state index contributed by atoms with van der Waals surface area (Å²) in [6.07, 6.45) is 5.56. The minimum absolute atomic E-state index is 0.124. The highest BCUT2D eigenvalue weighted by molar-refractivity contribution is 5.27. The van der Waals surface area contributed by atoms with Crippen molar-refractivity contribution in [2.45, 2.75) is 51.2 Å². The Bertz CT molecular complexity index is 405. The quantitative estimate of drug-likeness (QED) is 0.614. The summed E-state index contributed by atoms with van der Waals surface area (Å²) in [7, 11) is 0. The summed E-state index contributed by atoms with van der Waals surface area (Å²) >= 11 is 0. The van der Waals surface area contributed by atoms with Gasteiger partial charge in [0, 0.05) is 18.2 Å². The number of hydrogen-bond donors (Lipinski definition) is 2. The van der Waals surface area contributed by atoms with Crippen molar-refractivity contribution in [3.05, 3.63) is 35.1 Å². The van der Waals surface area contributed by atoms with Gasteiger partial charge < -0.3 is 4.74 Å². The number of halogens is 1. The van der Waals surface area contributed by atoms with Gasteiger partial charge in [-0.1, -0.05) is 18.2 Å². The number of rotatable bonds is 6. The van der Waals surface area contributed by atoms with Crippen LogP contribution in [-0.2, 0) is 4.74 Å². The normalized spacial score (nSPS) is 20.7. The molecule has 2 rings (SSSR count). The van der Waals surface area contributed by atoms with Crippen LogP contribution in [0.1, 0.15) is 49.3 Å². The summed E-state index contributed by atoms with van der Waals surface area (Å²) in [6.45, 7) is 2.66. The molecule has 4 heteroatoms. The van der Waals surface area contributed by atoms with Crippen LogP contribution in [0.4, 0.5) is 4.39 Å². The second kappa shape index (κ2) is 6.98. The van der Waals surface area contributed by atoms with E-state index in [1.807, 2.05) is 6.07 Å². The molecule has 1 fully saturated rings. The van der Waals surface area contributed by atoms with Crippen molar-refractivity contribution < 1.29 is 9.13 Å². The Balaban J connectivity index is 1.90. The first-order chi connectivity index (χ1) is 9.22. The fourth-order valence-electron chi connectivity index (χ4n) is 2.69. The molecule has 1 aliphatic rings. The summed E-state index contributed by atoms with van der Waals surface area (Å²) in [5.41, 5.74) is 4.06. The Labute approximate surface area is 114 Å². The van der Waals surface area contributed by atoms with Gasteiger partial charge in [0.05, 0.1) is 6.10 Å². The van der Waals surface area contributed by atoms with Crippen LogP contribution < -0.4 is 11.3 Å². The van der Waals surface area contributed by atoms with E-state index >= 15 is 0 Å². The highest BCUT2D eigenvalue weighted by Gasteiger charge is 2.18. The number of nitrogens with one attached hydrogen (secondary N) is 1. The zero-order valence-corrected chi connectivity index (χ0v) is 11.5. The largest absolute Gasteiger partial charge is 0.378 e. The van der Waals surface area contributed by atoms with Crippen molar-refractivity contribution in [1.29, 1.82) is 0 Å². The van der Waals surface area contributed by atoms with Crippen LogP contribution in [0.2, 0.25) is 0 Å². The molecule has 0 bridgehead atoms. The molecule has 1 aromatic rings. The third-order valence-corrected chi connectivity index (χ3v) is 3.84. The van der Waals surface area contributed by atoms with Crippen molar-refractivity contribution >= 4 is 0 Å². The lowest BCUT2D eigenvalue weighted by molar-refractivity contribution is 0.101. The molecule has 0 radical (unpaired) electrons. The lowest BCUT2D eigenvalue weighted by Crippen LogP contribution is -2.29. The van der Waals surface area contributed by atoms with E-state index in [0.717, 1.165) is 38.7 Å². The first kappa shape index (κ1) is 14.4. The molecule has 1 saturated heterocycles. The van der Waals surface area contributed by atoms with Crippen molar-refractivity contribution in [1.82, 2.24) is 5.43 Å². The number of hydrogen-bond acceptors (Lipinski definition) is 3. The molecule has 0 spiro atoms. The van der Waals surface area contributed by atoms with Gasteiger partial charge in [0.2, 0.25) is 0 Å². The molecule has 0 aromatic heterocycles. The van der Waals surface area contributed by atoms with E-state index in [4.69, 9.17) is 10.6 Å². The van der Waals surface area contributed by atoms with E-state index in [1.165, 1.54) is 0 Å². The van der Waals surface area contributed by atoms with E-state index < -0.39 is 0 Å². The monoisotopic (exact) mass is 266 g/mol. The van der Waals surface area contributed by atoms with Gasteiger partial charge in [0.1, 0.15) is 5.82 Å². The Kier molecular flexibility index (Phi) is 5.31. The maximum atomic E-state index is 14.0. The average molecular weight is 266 g/mol. The molecule has 1 heterocycles. The number of hydrazine groups is 1. The van der Waals surface area contributed by atoms with Crippen LogP contribution in [-0.4, -0.2) is 12.7 Å². The Morgan fingerprint density at radius 3 is 3.05 bits per heavy atom. The molecule has 0 saturated carbocycles. The Morgan fingerprint density at radius 1 is 1.53 bits per heavy atom. The van der Waals surface area contributed by atoms with Crippen LogP contribution in [0.25, 0.3) is 0 Å². The SMILES string of the molecule is Cc1cccc(C(CCCC2CCCO2)NN)c1F. The van der Waals surface area contributed by atoms with Gasteiger partial charge in [0.25, 0.3) is 0 Å². The van der Waals surface area contributed by atoms with Crippen LogP contribution in [0, 0.1) is 12.7 Å². The number of ether oxygens (including phenoxy) is 1. The summed E-state index contributed by atoms with van der Waals surface area (Å²) in [4.78, 5) is 0. The van der Waals surface area contributed by atoms with Crippen LogP contribution in [0.5, 0.6) is 0 Å². The van der Waals surface area contributed by atoms with Crippen LogP contribution in [0.15, 0.2) is 18.2 Å². The molecule has 1 aromatic carbocycles. The van der Waals surface area contributed by atoms with Gasteiger partial charge in [-0.2, -0.15) is 0 Å². The highest BCUT2D eigenvalue weighted by Crippen LogP contribution is 2.25. The van der Waals surface area contributed by atoms with E-state index in [0.29, 0.717) is 17.2 Å². The molecular formula is C15H23FN2O. The molecule has 0 amide bonds. The van der Waals surface area contributed by atoms with Crippen LogP contribution >= 0.6 is 0 Å². The third kappa shape index (κ3) is 3.75. The van der Waals surface area contributed by atoms with E-state index in [1.54, 1.807) is 19.1 Å². The molecule has 1 aliphatic heterocycles. The molecule has 106 valence electrons. The summed E-state index contributed by atoms with van der Waals surface area (Å²) in [5.74, 6) is 5.42. The molecule has 19 heavy (non-hydrogen) atoms. The topological polar surface area (TPSA) is 47.3 Å². The summed E-state index contributed by atoms with van der Waals surface area (Å²) < 4.78 is 19.6. The molecule has 2 atom stereocenters. The van der Waals surface area contributed by atoms with Gasteiger partial charge in [-0.3, -0.25) is 11.3 Å². The van der Waals surface area contributed by atoms with Gasteiger partial charge >= 0.3 is 0 Å². The third-order valence-electron chi connectivity index (χ3n) is 3.84. The van der Waals surface area contributed by atoms with Crippen molar-refractivity contribution in [2.75, 3.05) is 6.61 Å². The second-order valence-corrected chi connectivity index (χ2v) is 5.26. The molecule has 0 aliphatic carbocycles. The molecule has 3 nitrogen and oxygen atoms in total. The summed E-state index contributed by atoms with van der Waals surface area (Å²) in [5, 5.41) is 0. The maximum absolute atomic E-state index is 14.0. The highest BCUT2D eigenvalue weighted by atomic mass is 19.1. The van der Waals surface area contributed by atoms with Crippen molar-refractivity contribution in [3.63, 3.8) is 0 Å². The lowest BCUT2D eigenvalue weighted by atomic mass is 9.98. The van der Waals surface area contributed by atoms with Crippen molar-refractivity contribution in [3.8, 4) is 0 Å². The predicted molar refractivity (Wildman–Crippen MR) is 74.0 cm³/mol. The fourth-order valence-corrected chi connectivity index (χ4v) is 2.69. The average Bonchev–Trinajstić information content (AvgIpc) is 2.92. The first-order valence-electron chi connectivity index (χ1n) is 7.05. The Hall–Kier alpha value is -0.970. The van der Waals surface area contributed by atoms with E-state index in [-0.39, 0.29) is 11.9 Å². The van der Waals surface area contributed by atoms with Crippen LogP contribution in [0.3, 0.4) is 0 Å². The van der Waals surface area contributed by atoms with Gasteiger partial charge in [-0.05, 0) is 44.6 Å². The zero-order chi connectivity index (χ0) is 13.7. The Morgan fingerprint density at radius 2 is 2.37 bits per heavy atom. The maximum Gasteiger partial charge on any atom is 0.130 e. The fraction of sp³-hybridized carbons (Fsp3) is 0.600. The van der Waals surface area contributed by atoms with Gasteiger partial charge in [-0.25, -0.2) is 4.39 Å². The minimum Gasteiger partial charge on any atom is -0.378 e. The molecule has 3 N–H and O–H groups in total. The zero-order valence-electron chi connectivity index (χ0n) is 11.5. The predicted octanol–water partition coefficient (Wildman–Crippen LogP) is 2.99. The standard InChI is InChI=1S/C15H23FN2O/c1-11-5-2-8-13(15(11)16)14(18-17)9-3-6-12-7-4-10-19-12/h2,5,8,12,14,18H,3-4,6-7,9-10,17H2,1H3. The second-order valence-electron chi connectivity index (χ2n) is 5.26. The van der Waals surface area contributed by atoms with Crippen molar-refractivity contribution in [2.24, 2.45) is 5.84 Å². The summed E-state index contributed by atoms with van der Waals surface area (Å²) in [6, 6.07) is 5.33. The molecular weight excluding hydrogens is 243 g/mol. The molecule has 2 unspecified atom stereocenters. The first-order valence-corrected chi connectivity index (χ1v) is 7.05. The number of benzene rings is 1. The smallest absolute Gasteiger partial charge is 0.130 e. The van der Waals surface area contributed by atoms with E-state index in [2.05, 4.69) is 5.43 Å². The number of nitrogens with two attached hydrogens (primary N) is 1. The van der Waals surface area contributed by atoms with Gasteiger partial charge in [0.15, 0.2) is 0 Å². The van der Waals surface area contributed by atoms with E-state index in [9.17, 15) is 4.39 Å². The minimum atomic E-state index is -0.150. The van der Waals surface area contributed by atoms with Gasteiger partial charge in [-0.15, -0.1) is 0 Å².